The summed E-state index contributed by atoms with van der Waals surface area (Å²) in [6.45, 7) is 3.92. The van der Waals surface area contributed by atoms with Crippen LogP contribution in [0.15, 0.2) is 35.4 Å². The van der Waals surface area contributed by atoms with Crippen LogP contribution in [0.3, 0.4) is 0 Å². The lowest BCUT2D eigenvalue weighted by Gasteiger charge is -2.22. The van der Waals surface area contributed by atoms with Gasteiger partial charge in [-0.05, 0) is 55.7 Å². The number of nitrogens with two attached hydrogens (primary N) is 1. The van der Waals surface area contributed by atoms with Gasteiger partial charge < -0.3 is 20.5 Å². The van der Waals surface area contributed by atoms with Gasteiger partial charge in [-0.15, -0.1) is 0 Å². The van der Waals surface area contributed by atoms with Gasteiger partial charge in [-0.25, -0.2) is 9.80 Å². The quantitative estimate of drug-likeness (QED) is 0.799. The van der Waals surface area contributed by atoms with Crippen molar-refractivity contribution in [1.29, 1.82) is 0 Å². The molecule has 28 heavy (non-hydrogen) atoms. The first-order valence-corrected chi connectivity index (χ1v) is 9.10. The second-order valence-corrected chi connectivity index (χ2v) is 6.84. The molecule has 0 radical (unpaired) electrons. The molecule has 2 aromatic rings. The summed E-state index contributed by atoms with van der Waals surface area (Å²) >= 11 is 0. The number of carbonyl (C=O) groups excluding carboxylic acids is 1. The number of hydrazone groups is 1. The van der Waals surface area contributed by atoms with Gasteiger partial charge in [0.05, 0.1) is 26.0 Å². The zero-order chi connectivity index (χ0) is 20.4. The van der Waals surface area contributed by atoms with Gasteiger partial charge in [0.2, 0.25) is 0 Å². The van der Waals surface area contributed by atoms with Crippen molar-refractivity contribution in [2.45, 2.75) is 26.3 Å². The van der Waals surface area contributed by atoms with E-state index in [1.54, 1.807) is 21.3 Å². The molecule has 1 aliphatic rings. The predicted octanol–water partition coefficient (Wildman–Crippen LogP) is 2.93. The molecule has 0 bridgehead atoms. The summed E-state index contributed by atoms with van der Waals surface area (Å²) in [7, 11) is 4.81. The first-order chi connectivity index (χ1) is 13.4. The molecule has 0 saturated heterocycles. The topological polar surface area (TPSA) is 89.2 Å². The van der Waals surface area contributed by atoms with Gasteiger partial charge in [-0.3, -0.25) is 0 Å². The number of urea groups is 1. The molecule has 1 atom stereocenters. The molecule has 7 nitrogen and oxygen atoms in total. The molecular weight excluding hydrogens is 356 g/mol. The van der Waals surface area contributed by atoms with Crippen molar-refractivity contribution in [2.24, 2.45) is 5.10 Å². The summed E-state index contributed by atoms with van der Waals surface area (Å²) < 4.78 is 11.0. The van der Waals surface area contributed by atoms with Crippen LogP contribution in [0.1, 0.15) is 29.2 Å². The minimum absolute atomic E-state index is 0.135. The van der Waals surface area contributed by atoms with E-state index in [0.29, 0.717) is 29.3 Å². The summed E-state index contributed by atoms with van der Waals surface area (Å²) in [5.74, 6) is 1.26. The molecule has 7 heteroatoms. The number of anilines is 1. The molecule has 0 fully saturated rings. The van der Waals surface area contributed by atoms with Crippen LogP contribution in [0, 0.1) is 6.92 Å². The minimum Gasteiger partial charge on any atom is -0.493 e. The lowest BCUT2D eigenvalue weighted by atomic mass is 9.93. The van der Waals surface area contributed by atoms with E-state index in [1.165, 1.54) is 5.01 Å². The van der Waals surface area contributed by atoms with Crippen molar-refractivity contribution in [1.82, 2.24) is 10.3 Å². The Morgan fingerprint density at radius 2 is 1.89 bits per heavy atom. The van der Waals surface area contributed by atoms with Crippen LogP contribution in [0.2, 0.25) is 0 Å². The smallest absolute Gasteiger partial charge is 0.337 e. The zero-order valence-corrected chi connectivity index (χ0v) is 16.9. The van der Waals surface area contributed by atoms with Gasteiger partial charge in [0.1, 0.15) is 0 Å². The third kappa shape index (κ3) is 3.47. The Kier molecular flexibility index (Phi) is 5.44. The summed E-state index contributed by atoms with van der Waals surface area (Å²) in [6, 6.07) is 9.22. The van der Waals surface area contributed by atoms with Gasteiger partial charge in [-0.2, -0.15) is 5.10 Å². The molecule has 0 saturated carbocycles. The van der Waals surface area contributed by atoms with Crippen LogP contribution in [-0.2, 0) is 6.42 Å². The van der Waals surface area contributed by atoms with Gasteiger partial charge in [-0.1, -0.05) is 6.07 Å². The van der Waals surface area contributed by atoms with Gasteiger partial charge in [0.25, 0.3) is 0 Å². The average molecular weight is 382 g/mol. The highest BCUT2D eigenvalue weighted by molar-refractivity contribution is 6.14. The number of benzene rings is 2. The Morgan fingerprint density at radius 3 is 2.50 bits per heavy atom. The third-order valence-corrected chi connectivity index (χ3v) is 4.97. The highest BCUT2D eigenvalue weighted by atomic mass is 16.5. The minimum atomic E-state index is -0.260. The van der Waals surface area contributed by atoms with Crippen LogP contribution in [0.4, 0.5) is 10.5 Å². The Hall–Kier alpha value is -3.22. The lowest BCUT2D eigenvalue weighted by molar-refractivity contribution is 0.184. The number of nitrogens with one attached hydrogen (secondary N) is 1. The van der Waals surface area contributed by atoms with Crippen LogP contribution in [-0.4, -0.2) is 44.1 Å². The second-order valence-electron chi connectivity index (χ2n) is 6.84. The number of carbonyl (C=O) groups is 1. The summed E-state index contributed by atoms with van der Waals surface area (Å²) in [5, 5.41) is 8.90. The normalized spacial score (nSPS) is 16.0. The average Bonchev–Trinajstić information content (AvgIpc) is 2.84. The van der Waals surface area contributed by atoms with Crippen molar-refractivity contribution in [3.05, 3.63) is 52.6 Å². The van der Waals surface area contributed by atoms with E-state index >= 15 is 0 Å². The molecule has 148 valence electrons. The summed E-state index contributed by atoms with van der Waals surface area (Å²) in [5.41, 5.74) is 11.2. The van der Waals surface area contributed by atoms with E-state index in [4.69, 9.17) is 20.3 Å². The number of hydrogen-bond acceptors (Lipinski definition) is 5. The Labute approximate surface area is 165 Å². The standard InChI is InChI=1S/C21H26N4O3/c1-12-8-14(6-7-17(12)22)20-16-11-19(28-5)18(27-4)10-15(16)9-13(2)25(24-20)21(26)23-3/h6-8,10-11,13H,9,22H2,1-5H3,(H,23,26). The van der Waals surface area contributed by atoms with Gasteiger partial charge >= 0.3 is 6.03 Å². The van der Waals surface area contributed by atoms with E-state index in [0.717, 1.165) is 22.3 Å². The molecule has 0 spiro atoms. The van der Waals surface area contributed by atoms with E-state index in [9.17, 15) is 4.79 Å². The van der Waals surface area contributed by atoms with Crippen molar-refractivity contribution >= 4 is 17.4 Å². The van der Waals surface area contributed by atoms with E-state index in [2.05, 4.69) is 5.32 Å². The van der Waals surface area contributed by atoms with Crippen LogP contribution >= 0.6 is 0 Å². The number of amides is 2. The number of nitrogen functional groups attached to an aromatic ring is 1. The maximum atomic E-state index is 12.5. The van der Waals surface area contributed by atoms with E-state index in [1.807, 2.05) is 44.2 Å². The number of fused-ring (bicyclic) bond motifs is 1. The number of rotatable bonds is 3. The van der Waals surface area contributed by atoms with Crippen molar-refractivity contribution in [2.75, 3.05) is 27.0 Å². The Bertz CT molecular complexity index is 939. The largest absolute Gasteiger partial charge is 0.493 e. The maximum absolute atomic E-state index is 12.5. The van der Waals surface area contributed by atoms with Crippen LogP contribution in [0.5, 0.6) is 11.5 Å². The number of ether oxygens (including phenoxy) is 2. The lowest BCUT2D eigenvalue weighted by Crippen LogP contribution is -2.41. The molecule has 2 aromatic carbocycles. The molecule has 3 rings (SSSR count). The Morgan fingerprint density at radius 1 is 1.21 bits per heavy atom. The number of aryl methyl sites for hydroxylation is 1. The summed E-state index contributed by atoms with van der Waals surface area (Å²) in [6.07, 6.45) is 0.629. The summed E-state index contributed by atoms with van der Waals surface area (Å²) in [4.78, 5) is 12.5. The van der Waals surface area contributed by atoms with E-state index < -0.39 is 0 Å². The first kappa shape index (κ1) is 19.5. The third-order valence-electron chi connectivity index (χ3n) is 4.97. The number of hydrogen-bond donors (Lipinski definition) is 2. The number of methoxy groups -OCH3 is 2. The SMILES string of the molecule is CNC(=O)N1N=C(c2ccc(N)c(C)c2)c2cc(OC)c(OC)cc2CC1C. The van der Waals surface area contributed by atoms with Crippen molar-refractivity contribution in [3.8, 4) is 11.5 Å². The molecule has 1 heterocycles. The highest BCUT2D eigenvalue weighted by Crippen LogP contribution is 2.34. The molecule has 0 aromatic heterocycles. The Balaban J connectivity index is 2.27. The number of nitrogens with zero attached hydrogens (tertiary/aromatic N) is 2. The zero-order valence-electron chi connectivity index (χ0n) is 16.9. The van der Waals surface area contributed by atoms with Crippen molar-refractivity contribution in [3.63, 3.8) is 0 Å². The monoisotopic (exact) mass is 382 g/mol. The molecule has 1 unspecified atom stereocenters. The highest BCUT2D eigenvalue weighted by Gasteiger charge is 2.28. The molecule has 3 N–H and O–H groups in total. The molecular formula is C21H26N4O3. The van der Waals surface area contributed by atoms with Crippen LogP contribution in [0.25, 0.3) is 0 Å². The van der Waals surface area contributed by atoms with Crippen LogP contribution < -0.4 is 20.5 Å². The fraction of sp³-hybridized carbons (Fsp3) is 0.333. The molecule has 0 aliphatic carbocycles. The maximum Gasteiger partial charge on any atom is 0.337 e. The fourth-order valence-corrected chi connectivity index (χ4v) is 3.37. The van der Waals surface area contributed by atoms with Gasteiger partial charge in [0.15, 0.2) is 11.5 Å². The first-order valence-electron chi connectivity index (χ1n) is 9.10. The van der Waals surface area contributed by atoms with Crippen molar-refractivity contribution < 1.29 is 14.3 Å². The fourth-order valence-electron chi connectivity index (χ4n) is 3.37. The molecule has 1 aliphatic heterocycles. The van der Waals surface area contributed by atoms with Gasteiger partial charge in [0, 0.05) is 23.9 Å². The second kappa shape index (κ2) is 7.80. The molecule has 2 amide bonds. The predicted molar refractivity (Wildman–Crippen MR) is 110 cm³/mol. The van der Waals surface area contributed by atoms with E-state index in [-0.39, 0.29) is 12.1 Å².